The molecule has 0 aromatic heterocycles. The van der Waals surface area contributed by atoms with Gasteiger partial charge in [0, 0.05) is 19.1 Å². The molecule has 0 amide bonds. The molecule has 1 heterocycles. The molecular weight excluding hydrogens is 262 g/mol. The molecule has 0 spiro atoms. The molecule has 6 heteroatoms. The lowest BCUT2D eigenvalue weighted by atomic mass is 10.1. The van der Waals surface area contributed by atoms with Gasteiger partial charge in [-0.05, 0) is 38.4 Å². The van der Waals surface area contributed by atoms with Crippen LogP contribution >= 0.6 is 0 Å². The van der Waals surface area contributed by atoms with Crippen molar-refractivity contribution in [3.05, 3.63) is 29.8 Å². The molecular formula is C13H21N3O2S. The Labute approximate surface area is 115 Å². The second kappa shape index (κ2) is 5.90. The summed E-state index contributed by atoms with van der Waals surface area (Å²) in [5.74, 6) is 0. The largest absolute Gasteiger partial charge is 0.313 e. The average Bonchev–Trinajstić information content (AvgIpc) is 2.93. The lowest BCUT2D eigenvalue weighted by Crippen LogP contribution is -2.33. The first-order valence-electron chi connectivity index (χ1n) is 6.58. The number of rotatable bonds is 5. The topological polar surface area (TPSA) is 61.4 Å². The third-order valence-corrected chi connectivity index (χ3v) is 5.03. The molecule has 1 fully saturated rings. The molecule has 5 nitrogen and oxygen atoms in total. The third-order valence-electron chi connectivity index (χ3n) is 3.50. The Morgan fingerprint density at radius 1 is 1.21 bits per heavy atom. The molecule has 2 N–H and O–H groups in total. The Balaban J connectivity index is 2.23. The van der Waals surface area contributed by atoms with E-state index in [-0.39, 0.29) is 6.04 Å². The summed E-state index contributed by atoms with van der Waals surface area (Å²) in [6, 6.07) is 7.59. The van der Waals surface area contributed by atoms with Crippen LogP contribution in [-0.4, -0.2) is 32.9 Å². The Morgan fingerprint density at radius 3 is 2.47 bits per heavy atom. The Morgan fingerprint density at radius 2 is 1.84 bits per heavy atom. The van der Waals surface area contributed by atoms with E-state index < -0.39 is 10.2 Å². The highest BCUT2D eigenvalue weighted by atomic mass is 32.2. The highest BCUT2D eigenvalue weighted by Gasteiger charge is 2.26. The fourth-order valence-electron chi connectivity index (χ4n) is 2.26. The fourth-order valence-corrected chi connectivity index (χ4v) is 3.59. The lowest BCUT2D eigenvalue weighted by Gasteiger charge is -2.20. The summed E-state index contributed by atoms with van der Waals surface area (Å²) in [6.45, 7) is 3.22. The van der Waals surface area contributed by atoms with Gasteiger partial charge in [-0.1, -0.05) is 18.2 Å². The zero-order chi connectivity index (χ0) is 13.9. The van der Waals surface area contributed by atoms with E-state index in [4.69, 9.17) is 0 Å². The van der Waals surface area contributed by atoms with Crippen LogP contribution in [-0.2, 0) is 10.2 Å². The van der Waals surface area contributed by atoms with Crippen molar-refractivity contribution < 1.29 is 8.42 Å². The minimum atomic E-state index is -3.42. The molecule has 1 saturated heterocycles. The van der Waals surface area contributed by atoms with Gasteiger partial charge in [0.05, 0.1) is 5.69 Å². The van der Waals surface area contributed by atoms with Crippen LogP contribution < -0.4 is 10.0 Å². The number of anilines is 1. The van der Waals surface area contributed by atoms with E-state index >= 15 is 0 Å². The predicted molar refractivity (Wildman–Crippen MR) is 77.3 cm³/mol. The molecule has 19 heavy (non-hydrogen) atoms. The monoisotopic (exact) mass is 283 g/mol. The van der Waals surface area contributed by atoms with Crippen LogP contribution in [0.3, 0.4) is 0 Å². The highest BCUT2D eigenvalue weighted by molar-refractivity contribution is 7.90. The van der Waals surface area contributed by atoms with Gasteiger partial charge in [0.25, 0.3) is 0 Å². The SMILES string of the molecule is CNC(C)c1ccccc1NS(=O)(=O)N1CCCC1. The van der Waals surface area contributed by atoms with Gasteiger partial charge in [-0.3, -0.25) is 4.72 Å². The molecule has 2 rings (SSSR count). The minimum Gasteiger partial charge on any atom is -0.313 e. The zero-order valence-electron chi connectivity index (χ0n) is 11.4. The van der Waals surface area contributed by atoms with Crippen molar-refractivity contribution >= 4 is 15.9 Å². The molecule has 1 unspecified atom stereocenters. The van der Waals surface area contributed by atoms with Gasteiger partial charge in [-0.25, -0.2) is 0 Å². The van der Waals surface area contributed by atoms with Crippen molar-refractivity contribution in [2.45, 2.75) is 25.8 Å². The molecule has 0 saturated carbocycles. The Kier molecular flexibility index (Phi) is 4.44. The van der Waals surface area contributed by atoms with Crippen molar-refractivity contribution in [2.24, 2.45) is 0 Å². The first-order valence-corrected chi connectivity index (χ1v) is 8.02. The van der Waals surface area contributed by atoms with E-state index in [0.29, 0.717) is 18.8 Å². The smallest absolute Gasteiger partial charge is 0.301 e. The number of benzene rings is 1. The number of hydrogen-bond donors (Lipinski definition) is 2. The fraction of sp³-hybridized carbons (Fsp3) is 0.538. The van der Waals surface area contributed by atoms with Gasteiger partial charge >= 0.3 is 10.2 Å². The lowest BCUT2D eigenvalue weighted by molar-refractivity contribution is 0.482. The maximum Gasteiger partial charge on any atom is 0.301 e. The second-order valence-corrected chi connectivity index (χ2v) is 6.48. The highest BCUT2D eigenvalue weighted by Crippen LogP contribution is 2.24. The van der Waals surface area contributed by atoms with Crippen LogP contribution in [0, 0.1) is 0 Å². The van der Waals surface area contributed by atoms with Crippen LogP contribution in [0.4, 0.5) is 5.69 Å². The molecule has 1 aromatic carbocycles. The Hall–Kier alpha value is -1.11. The standard InChI is InChI=1S/C13H21N3O2S/c1-11(14-2)12-7-3-4-8-13(12)15-19(17,18)16-9-5-6-10-16/h3-4,7-8,11,14-15H,5-6,9-10H2,1-2H3. The summed E-state index contributed by atoms with van der Waals surface area (Å²) < 4.78 is 28.7. The van der Waals surface area contributed by atoms with Crippen LogP contribution in [0.15, 0.2) is 24.3 Å². The maximum atomic E-state index is 12.3. The molecule has 0 aliphatic carbocycles. The van der Waals surface area contributed by atoms with Crippen molar-refractivity contribution in [1.29, 1.82) is 0 Å². The van der Waals surface area contributed by atoms with Gasteiger partial charge < -0.3 is 5.32 Å². The van der Waals surface area contributed by atoms with E-state index in [1.165, 1.54) is 4.31 Å². The van der Waals surface area contributed by atoms with Crippen molar-refractivity contribution in [3.63, 3.8) is 0 Å². The molecule has 1 atom stereocenters. The molecule has 0 bridgehead atoms. The van der Waals surface area contributed by atoms with Crippen LogP contribution in [0.5, 0.6) is 0 Å². The van der Waals surface area contributed by atoms with Crippen molar-refractivity contribution in [1.82, 2.24) is 9.62 Å². The second-order valence-electron chi connectivity index (χ2n) is 4.81. The quantitative estimate of drug-likeness (QED) is 0.865. The van der Waals surface area contributed by atoms with E-state index in [2.05, 4.69) is 10.0 Å². The summed E-state index contributed by atoms with van der Waals surface area (Å²) in [5, 5.41) is 3.13. The summed E-state index contributed by atoms with van der Waals surface area (Å²) >= 11 is 0. The van der Waals surface area contributed by atoms with Gasteiger partial charge in [0.2, 0.25) is 0 Å². The molecule has 106 valence electrons. The molecule has 1 aromatic rings. The van der Waals surface area contributed by atoms with Gasteiger partial charge in [-0.2, -0.15) is 12.7 Å². The normalized spacial score (nSPS) is 18.4. The average molecular weight is 283 g/mol. The number of nitrogens with one attached hydrogen (secondary N) is 2. The number of hydrogen-bond acceptors (Lipinski definition) is 3. The van der Waals surface area contributed by atoms with Crippen molar-refractivity contribution in [2.75, 3.05) is 24.9 Å². The number of nitrogens with zero attached hydrogens (tertiary/aromatic N) is 1. The first-order chi connectivity index (χ1) is 9.04. The van der Waals surface area contributed by atoms with Gasteiger partial charge in [0.1, 0.15) is 0 Å². The maximum absolute atomic E-state index is 12.3. The third kappa shape index (κ3) is 3.26. The first kappa shape index (κ1) is 14.3. The van der Waals surface area contributed by atoms with E-state index in [9.17, 15) is 8.42 Å². The van der Waals surface area contributed by atoms with Gasteiger partial charge in [-0.15, -0.1) is 0 Å². The predicted octanol–water partition coefficient (Wildman–Crippen LogP) is 1.72. The number of para-hydroxylation sites is 1. The molecule has 0 radical (unpaired) electrons. The summed E-state index contributed by atoms with van der Waals surface area (Å²) in [7, 11) is -1.56. The van der Waals surface area contributed by atoms with Crippen LogP contribution in [0.2, 0.25) is 0 Å². The van der Waals surface area contributed by atoms with E-state index in [1.54, 1.807) is 6.07 Å². The minimum absolute atomic E-state index is 0.0949. The van der Waals surface area contributed by atoms with Crippen molar-refractivity contribution in [3.8, 4) is 0 Å². The van der Waals surface area contributed by atoms with Crippen LogP contribution in [0.1, 0.15) is 31.4 Å². The Bertz CT molecular complexity index is 524. The summed E-state index contributed by atoms with van der Waals surface area (Å²) in [6.07, 6.45) is 1.88. The summed E-state index contributed by atoms with van der Waals surface area (Å²) in [5.41, 5.74) is 1.60. The van der Waals surface area contributed by atoms with E-state index in [0.717, 1.165) is 18.4 Å². The van der Waals surface area contributed by atoms with Gasteiger partial charge in [0.15, 0.2) is 0 Å². The zero-order valence-corrected chi connectivity index (χ0v) is 12.2. The molecule has 1 aliphatic rings. The molecule has 1 aliphatic heterocycles. The summed E-state index contributed by atoms with van der Waals surface area (Å²) in [4.78, 5) is 0. The van der Waals surface area contributed by atoms with E-state index in [1.807, 2.05) is 32.2 Å². The van der Waals surface area contributed by atoms with Crippen LogP contribution in [0.25, 0.3) is 0 Å².